The van der Waals surface area contributed by atoms with Gasteiger partial charge in [0.15, 0.2) is 0 Å². The third-order valence-corrected chi connectivity index (χ3v) is 3.31. The molecule has 1 fully saturated rings. The van der Waals surface area contributed by atoms with Gasteiger partial charge >= 0.3 is 0 Å². The van der Waals surface area contributed by atoms with Gasteiger partial charge in [-0.25, -0.2) is 4.39 Å². The summed E-state index contributed by atoms with van der Waals surface area (Å²) in [4.78, 5) is 11.5. The first-order valence-electron chi connectivity index (χ1n) is 6.98. The summed E-state index contributed by atoms with van der Waals surface area (Å²) in [6.45, 7) is 0.743. The third-order valence-electron chi connectivity index (χ3n) is 3.31. The highest BCUT2D eigenvalue weighted by Gasteiger charge is 2.29. The predicted octanol–water partition coefficient (Wildman–Crippen LogP) is 1.87. The fraction of sp³-hybridized carbons (Fsp3) is 0.533. The number of aliphatic hydroxyl groups is 1. The summed E-state index contributed by atoms with van der Waals surface area (Å²) in [6, 6.07) is 5.78. The molecular formula is C15H20FNO3. The molecule has 1 atom stereocenters. The largest absolute Gasteiger partial charge is 0.494 e. The Morgan fingerprint density at radius 2 is 2.10 bits per heavy atom. The summed E-state index contributed by atoms with van der Waals surface area (Å²) in [7, 11) is 0. The van der Waals surface area contributed by atoms with E-state index in [0.717, 1.165) is 12.8 Å². The lowest BCUT2D eigenvalue weighted by molar-refractivity contribution is -0.121. The number of ether oxygens (including phenoxy) is 1. The molecule has 1 aliphatic rings. The molecular weight excluding hydrogens is 261 g/mol. The highest BCUT2D eigenvalue weighted by molar-refractivity contribution is 5.75. The van der Waals surface area contributed by atoms with Gasteiger partial charge in [0.1, 0.15) is 11.6 Å². The molecule has 0 aromatic heterocycles. The zero-order valence-corrected chi connectivity index (χ0v) is 11.3. The van der Waals surface area contributed by atoms with Crippen LogP contribution in [0.15, 0.2) is 24.3 Å². The van der Waals surface area contributed by atoms with E-state index < -0.39 is 6.10 Å². The van der Waals surface area contributed by atoms with Crippen molar-refractivity contribution in [1.82, 2.24) is 5.32 Å². The molecule has 1 unspecified atom stereocenters. The molecule has 2 N–H and O–H groups in total. The number of aliphatic hydroxyl groups excluding tert-OH is 1. The summed E-state index contributed by atoms with van der Waals surface area (Å²) in [5, 5.41) is 12.3. The topological polar surface area (TPSA) is 58.6 Å². The summed E-state index contributed by atoms with van der Waals surface area (Å²) in [5.74, 6) is 0.589. The summed E-state index contributed by atoms with van der Waals surface area (Å²) in [5.41, 5.74) is 0. The minimum absolute atomic E-state index is 0.0765. The van der Waals surface area contributed by atoms with Gasteiger partial charge in [0, 0.05) is 13.0 Å². The normalized spacial score (nSPS) is 15.7. The molecule has 0 saturated heterocycles. The maximum Gasteiger partial charge on any atom is 0.220 e. The average molecular weight is 281 g/mol. The maximum absolute atomic E-state index is 12.7. The van der Waals surface area contributed by atoms with Gasteiger partial charge in [0.25, 0.3) is 0 Å². The molecule has 0 heterocycles. The smallest absolute Gasteiger partial charge is 0.220 e. The number of rotatable bonds is 8. The molecule has 110 valence electrons. The predicted molar refractivity (Wildman–Crippen MR) is 72.9 cm³/mol. The van der Waals surface area contributed by atoms with Gasteiger partial charge in [-0.05, 0) is 49.4 Å². The van der Waals surface area contributed by atoms with E-state index in [1.54, 1.807) is 12.1 Å². The quantitative estimate of drug-likeness (QED) is 0.715. The molecule has 5 heteroatoms. The van der Waals surface area contributed by atoms with Crippen LogP contribution in [0, 0.1) is 11.7 Å². The minimum atomic E-state index is -0.408. The van der Waals surface area contributed by atoms with Crippen LogP contribution >= 0.6 is 0 Å². The molecule has 0 bridgehead atoms. The SMILES string of the molecule is O=C(CCCOc1ccc(F)cc1)NCC(O)C1CC1. The van der Waals surface area contributed by atoms with Crippen LogP contribution in [-0.2, 0) is 4.79 Å². The van der Waals surface area contributed by atoms with Crippen molar-refractivity contribution in [3.63, 3.8) is 0 Å². The van der Waals surface area contributed by atoms with Crippen LogP contribution in [-0.4, -0.2) is 30.3 Å². The fourth-order valence-electron chi connectivity index (χ4n) is 1.91. The van der Waals surface area contributed by atoms with E-state index in [0.29, 0.717) is 37.7 Å². The number of hydrogen-bond donors (Lipinski definition) is 2. The van der Waals surface area contributed by atoms with Gasteiger partial charge in [-0.2, -0.15) is 0 Å². The van der Waals surface area contributed by atoms with Crippen molar-refractivity contribution in [2.75, 3.05) is 13.2 Å². The molecule has 1 saturated carbocycles. The summed E-state index contributed by atoms with van der Waals surface area (Å²) >= 11 is 0. The molecule has 1 amide bonds. The number of carbonyl (C=O) groups is 1. The molecule has 1 aliphatic carbocycles. The van der Waals surface area contributed by atoms with Crippen LogP contribution in [0.3, 0.4) is 0 Å². The van der Waals surface area contributed by atoms with Gasteiger partial charge in [0.05, 0.1) is 12.7 Å². The number of benzene rings is 1. The van der Waals surface area contributed by atoms with Crippen molar-refractivity contribution in [2.45, 2.75) is 31.8 Å². The Morgan fingerprint density at radius 1 is 1.40 bits per heavy atom. The molecule has 0 radical (unpaired) electrons. The van der Waals surface area contributed by atoms with Crippen molar-refractivity contribution in [3.05, 3.63) is 30.1 Å². The zero-order valence-electron chi connectivity index (χ0n) is 11.3. The highest BCUT2D eigenvalue weighted by Crippen LogP contribution is 2.32. The lowest BCUT2D eigenvalue weighted by Crippen LogP contribution is -2.33. The van der Waals surface area contributed by atoms with E-state index >= 15 is 0 Å². The molecule has 1 aromatic rings. The maximum atomic E-state index is 12.7. The lowest BCUT2D eigenvalue weighted by atomic mass is 10.2. The number of halogens is 1. The monoisotopic (exact) mass is 281 g/mol. The number of nitrogens with one attached hydrogen (secondary N) is 1. The van der Waals surface area contributed by atoms with Crippen molar-refractivity contribution in [1.29, 1.82) is 0 Å². The third kappa shape index (κ3) is 5.17. The van der Waals surface area contributed by atoms with E-state index in [9.17, 15) is 14.3 Å². The van der Waals surface area contributed by atoms with E-state index in [1.807, 2.05) is 0 Å². The highest BCUT2D eigenvalue weighted by atomic mass is 19.1. The first-order valence-corrected chi connectivity index (χ1v) is 6.98. The number of carbonyl (C=O) groups excluding carboxylic acids is 1. The van der Waals surface area contributed by atoms with Gasteiger partial charge < -0.3 is 15.2 Å². The number of hydrogen-bond acceptors (Lipinski definition) is 3. The second-order valence-electron chi connectivity index (χ2n) is 5.11. The van der Waals surface area contributed by atoms with Gasteiger partial charge in [-0.15, -0.1) is 0 Å². The Morgan fingerprint density at radius 3 is 2.75 bits per heavy atom. The Hall–Kier alpha value is -1.62. The molecule has 0 spiro atoms. The summed E-state index contributed by atoms with van der Waals surface area (Å²) in [6.07, 6.45) is 2.65. The Labute approximate surface area is 117 Å². The standard InChI is InChI=1S/C15H20FNO3/c16-12-5-7-13(8-6-12)20-9-1-2-15(19)17-10-14(18)11-3-4-11/h5-8,11,14,18H,1-4,9-10H2,(H,17,19). The lowest BCUT2D eigenvalue weighted by Gasteiger charge is -2.10. The Balaban J connectivity index is 1.53. The molecule has 0 aliphatic heterocycles. The first kappa shape index (κ1) is 14.8. The second-order valence-corrected chi connectivity index (χ2v) is 5.11. The van der Waals surface area contributed by atoms with Crippen molar-refractivity contribution in [2.24, 2.45) is 5.92 Å². The fourth-order valence-corrected chi connectivity index (χ4v) is 1.91. The number of amides is 1. The van der Waals surface area contributed by atoms with Crippen molar-refractivity contribution in [3.8, 4) is 5.75 Å². The molecule has 2 rings (SSSR count). The van der Waals surface area contributed by atoms with E-state index in [4.69, 9.17) is 4.74 Å². The molecule has 20 heavy (non-hydrogen) atoms. The van der Waals surface area contributed by atoms with Crippen LogP contribution in [0.4, 0.5) is 4.39 Å². The van der Waals surface area contributed by atoms with Crippen LogP contribution < -0.4 is 10.1 Å². The van der Waals surface area contributed by atoms with Gasteiger partial charge in [-0.3, -0.25) is 4.79 Å². The van der Waals surface area contributed by atoms with E-state index in [2.05, 4.69) is 5.32 Å². The first-order chi connectivity index (χ1) is 9.65. The van der Waals surface area contributed by atoms with Crippen molar-refractivity contribution >= 4 is 5.91 Å². The van der Waals surface area contributed by atoms with E-state index in [-0.39, 0.29) is 11.7 Å². The van der Waals surface area contributed by atoms with Crippen LogP contribution in [0.5, 0.6) is 5.75 Å². The Kier molecular flexibility index (Phi) is 5.35. The Bertz CT molecular complexity index is 431. The van der Waals surface area contributed by atoms with Crippen LogP contribution in [0.2, 0.25) is 0 Å². The minimum Gasteiger partial charge on any atom is -0.494 e. The molecule has 4 nitrogen and oxygen atoms in total. The second kappa shape index (κ2) is 7.24. The van der Waals surface area contributed by atoms with Crippen LogP contribution in [0.1, 0.15) is 25.7 Å². The summed E-state index contributed by atoms with van der Waals surface area (Å²) < 4.78 is 18.1. The van der Waals surface area contributed by atoms with E-state index in [1.165, 1.54) is 12.1 Å². The van der Waals surface area contributed by atoms with Gasteiger partial charge in [-0.1, -0.05) is 0 Å². The van der Waals surface area contributed by atoms with Crippen LogP contribution in [0.25, 0.3) is 0 Å². The zero-order chi connectivity index (χ0) is 14.4. The average Bonchev–Trinajstić information content (AvgIpc) is 3.27. The van der Waals surface area contributed by atoms with Crippen molar-refractivity contribution < 1.29 is 19.0 Å². The molecule has 1 aromatic carbocycles. The van der Waals surface area contributed by atoms with Gasteiger partial charge in [0.2, 0.25) is 5.91 Å².